The van der Waals surface area contributed by atoms with Gasteiger partial charge in [-0.25, -0.2) is 4.98 Å². The number of carbonyl (C=O) groups is 1. The summed E-state index contributed by atoms with van der Waals surface area (Å²) in [6.45, 7) is 8.12. The van der Waals surface area contributed by atoms with E-state index in [1.807, 2.05) is 12.1 Å². The number of amides is 1. The zero-order valence-corrected chi connectivity index (χ0v) is 21.0. The SMILES string of the molecule is CCN(CC)CCN(C(=O)c1cc2cc([N+](=O)[O-])ccc2s1)c1nc2cc3c(cc2s1)OCCO3. The van der Waals surface area contributed by atoms with Crippen LogP contribution in [0.15, 0.2) is 36.4 Å². The zero-order chi connectivity index (χ0) is 24.5. The molecule has 5 rings (SSSR count). The van der Waals surface area contributed by atoms with Crippen molar-refractivity contribution in [1.82, 2.24) is 9.88 Å². The molecule has 11 heteroatoms. The van der Waals surface area contributed by atoms with Crippen LogP contribution >= 0.6 is 22.7 Å². The topological polar surface area (TPSA) is 98.0 Å². The van der Waals surface area contributed by atoms with Crippen LogP contribution in [0.3, 0.4) is 0 Å². The van der Waals surface area contributed by atoms with Gasteiger partial charge in [0.25, 0.3) is 11.6 Å². The van der Waals surface area contributed by atoms with Crippen LogP contribution in [0.25, 0.3) is 20.3 Å². The molecule has 0 bridgehead atoms. The van der Waals surface area contributed by atoms with Gasteiger partial charge >= 0.3 is 0 Å². The largest absolute Gasteiger partial charge is 0.486 e. The summed E-state index contributed by atoms with van der Waals surface area (Å²) < 4.78 is 13.1. The Labute approximate surface area is 209 Å². The Balaban J connectivity index is 1.52. The molecule has 1 aliphatic rings. The van der Waals surface area contributed by atoms with Crippen LogP contribution in [0, 0.1) is 10.1 Å². The number of benzene rings is 2. The highest BCUT2D eigenvalue weighted by Gasteiger charge is 2.25. The van der Waals surface area contributed by atoms with Crippen molar-refractivity contribution in [1.29, 1.82) is 0 Å². The number of nitrogens with zero attached hydrogens (tertiary/aromatic N) is 4. The summed E-state index contributed by atoms with van der Waals surface area (Å²) in [6, 6.07) is 10.2. The van der Waals surface area contributed by atoms with E-state index in [2.05, 4.69) is 18.7 Å². The first-order valence-corrected chi connectivity index (χ1v) is 13.0. The molecular formula is C24H24N4O5S2. The van der Waals surface area contributed by atoms with Gasteiger partial charge in [-0.1, -0.05) is 25.2 Å². The van der Waals surface area contributed by atoms with E-state index >= 15 is 0 Å². The number of hydrogen-bond acceptors (Lipinski definition) is 9. The number of carbonyl (C=O) groups excluding carboxylic acids is 1. The number of anilines is 1. The third kappa shape index (κ3) is 4.66. The van der Waals surface area contributed by atoms with Crippen LogP contribution in [0.4, 0.5) is 10.8 Å². The Morgan fingerprint density at radius 1 is 1.03 bits per heavy atom. The van der Waals surface area contributed by atoms with Gasteiger partial charge in [-0.05, 0) is 25.2 Å². The first-order valence-electron chi connectivity index (χ1n) is 11.4. The first-order chi connectivity index (χ1) is 17.0. The van der Waals surface area contributed by atoms with Gasteiger partial charge in [-0.2, -0.15) is 0 Å². The standard InChI is InChI=1S/C24H24N4O5S2/c1-3-26(4-2)7-8-27(23(29)22-12-15-11-16(28(30)31)5-6-20(15)34-22)24-25-17-13-18-19(14-21(17)35-24)33-10-9-32-18/h5-6,11-14H,3-4,7-10H2,1-2H3. The number of likely N-dealkylation sites (N-methyl/N-ethyl adjacent to an activating group) is 1. The molecule has 1 amide bonds. The second kappa shape index (κ2) is 9.76. The molecule has 0 saturated heterocycles. The van der Waals surface area contributed by atoms with Crippen molar-refractivity contribution in [3.63, 3.8) is 0 Å². The molecule has 1 aliphatic heterocycles. The minimum Gasteiger partial charge on any atom is -0.486 e. The Morgan fingerprint density at radius 3 is 2.49 bits per heavy atom. The maximum absolute atomic E-state index is 13.8. The highest BCUT2D eigenvalue weighted by molar-refractivity contribution is 7.23. The fourth-order valence-corrected chi connectivity index (χ4v) is 6.01. The lowest BCUT2D eigenvalue weighted by atomic mass is 10.2. The van der Waals surface area contributed by atoms with E-state index < -0.39 is 4.92 Å². The number of non-ortho nitro benzene ring substituents is 1. The van der Waals surface area contributed by atoms with E-state index in [4.69, 9.17) is 14.5 Å². The molecule has 9 nitrogen and oxygen atoms in total. The smallest absolute Gasteiger partial charge is 0.270 e. The van der Waals surface area contributed by atoms with E-state index in [-0.39, 0.29) is 11.6 Å². The molecule has 2 aromatic heterocycles. The first kappa shape index (κ1) is 23.5. The molecule has 0 aliphatic carbocycles. The van der Waals surface area contributed by atoms with Crippen LogP contribution in [-0.4, -0.2) is 60.1 Å². The minimum absolute atomic E-state index is 0.00673. The zero-order valence-electron chi connectivity index (χ0n) is 19.4. The number of hydrogen-bond donors (Lipinski definition) is 0. The van der Waals surface area contributed by atoms with Gasteiger partial charge in [-0.15, -0.1) is 11.3 Å². The molecule has 0 fully saturated rings. The summed E-state index contributed by atoms with van der Waals surface area (Å²) in [6.07, 6.45) is 0. The molecule has 0 radical (unpaired) electrons. The predicted molar refractivity (Wildman–Crippen MR) is 139 cm³/mol. The van der Waals surface area contributed by atoms with Crippen molar-refractivity contribution in [2.24, 2.45) is 0 Å². The molecule has 0 N–H and O–H groups in total. The fourth-order valence-electron chi connectivity index (χ4n) is 4.02. The molecular weight excluding hydrogens is 488 g/mol. The third-order valence-corrected chi connectivity index (χ3v) is 8.12. The van der Waals surface area contributed by atoms with Crippen LogP contribution in [0.1, 0.15) is 23.5 Å². The number of rotatable bonds is 8. The van der Waals surface area contributed by atoms with Crippen LogP contribution in [0.2, 0.25) is 0 Å². The molecule has 4 aromatic rings. The van der Waals surface area contributed by atoms with Crippen molar-refractivity contribution < 1.29 is 19.2 Å². The minimum atomic E-state index is -0.427. The molecule has 0 spiro atoms. The number of aromatic nitrogens is 1. The summed E-state index contributed by atoms with van der Waals surface area (Å²) in [5, 5.41) is 12.5. The molecule has 182 valence electrons. The van der Waals surface area contributed by atoms with Gasteiger partial charge in [0.2, 0.25) is 0 Å². The van der Waals surface area contributed by atoms with Gasteiger partial charge in [-0.3, -0.25) is 19.8 Å². The monoisotopic (exact) mass is 512 g/mol. The van der Waals surface area contributed by atoms with Gasteiger partial charge in [0, 0.05) is 47.4 Å². The second-order valence-corrected chi connectivity index (χ2v) is 10.1. The number of nitro groups is 1. The maximum atomic E-state index is 13.8. The van der Waals surface area contributed by atoms with Gasteiger partial charge < -0.3 is 14.4 Å². The molecule has 2 aromatic carbocycles. The van der Waals surface area contributed by atoms with Crippen LogP contribution < -0.4 is 14.4 Å². The number of fused-ring (bicyclic) bond motifs is 3. The molecule has 35 heavy (non-hydrogen) atoms. The lowest BCUT2D eigenvalue weighted by Gasteiger charge is -2.24. The normalized spacial score (nSPS) is 13.0. The van der Waals surface area contributed by atoms with E-state index in [0.29, 0.717) is 53.2 Å². The Bertz CT molecular complexity index is 1370. The molecule has 0 unspecified atom stereocenters. The summed E-state index contributed by atoms with van der Waals surface area (Å²) in [7, 11) is 0. The van der Waals surface area contributed by atoms with Crippen molar-refractivity contribution in [3.8, 4) is 11.5 Å². The van der Waals surface area contributed by atoms with Crippen molar-refractivity contribution in [2.75, 3.05) is 44.3 Å². The van der Waals surface area contributed by atoms with E-state index in [1.54, 1.807) is 17.0 Å². The highest BCUT2D eigenvalue weighted by atomic mass is 32.1. The molecule has 0 atom stereocenters. The van der Waals surface area contributed by atoms with Crippen LogP contribution in [0.5, 0.6) is 11.5 Å². The van der Waals surface area contributed by atoms with Gasteiger partial charge in [0.05, 0.1) is 20.0 Å². The van der Waals surface area contributed by atoms with E-state index in [1.165, 1.54) is 34.8 Å². The summed E-state index contributed by atoms with van der Waals surface area (Å²) in [4.78, 5) is 33.8. The number of thiazole rings is 1. The Hall–Kier alpha value is -3.28. The van der Waals surface area contributed by atoms with Crippen molar-refractivity contribution >= 4 is 59.7 Å². The number of thiophene rings is 1. The highest BCUT2D eigenvalue weighted by Crippen LogP contribution is 2.39. The van der Waals surface area contributed by atoms with Gasteiger partial charge in [0.15, 0.2) is 16.6 Å². The third-order valence-electron chi connectivity index (χ3n) is 5.97. The summed E-state index contributed by atoms with van der Waals surface area (Å²) >= 11 is 2.77. The van der Waals surface area contributed by atoms with E-state index in [9.17, 15) is 14.9 Å². The predicted octanol–water partition coefficient (Wildman–Crippen LogP) is 5.18. The second-order valence-electron chi connectivity index (χ2n) is 8.03. The average Bonchev–Trinajstić information content (AvgIpc) is 3.48. The average molecular weight is 513 g/mol. The quantitative estimate of drug-likeness (QED) is 0.237. The summed E-state index contributed by atoms with van der Waals surface area (Å²) in [5.74, 6) is 1.18. The fraction of sp³-hybridized carbons (Fsp3) is 0.333. The molecule has 3 heterocycles. The number of ether oxygens (including phenoxy) is 2. The van der Waals surface area contributed by atoms with Crippen LogP contribution in [-0.2, 0) is 0 Å². The van der Waals surface area contributed by atoms with Crippen molar-refractivity contribution in [2.45, 2.75) is 13.8 Å². The van der Waals surface area contributed by atoms with E-state index in [0.717, 1.165) is 28.0 Å². The number of nitro benzene ring substituents is 1. The Morgan fingerprint density at radius 2 is 1.77 bits per heavy atom. The maximum Gasteiger partial charge on any atom is 0.270 e. The molecule has 0 saturated carbocycles. The van der Waals surface area contributed by atoms with Crippen molar-refractivity contribution in [3.05, 3.63) is 51.4 Å². The lowest BCUT2D eigenvalue weighted by molar-refractivity contribution is -0.384. The Kier molecular flexibility index (Phi) is 6.54. The lowest BCUT2D eigenvalue weighted by Crippen LogP contribution is -2.38. The van der Waals surface area contributed by atoms with Gasteiger partial charge in [0.1, 0.15) is 13.2 Å². The summed E-state index contributed by atoms with van der Waals surface area (Å²) in [5.41, 5.74) is 0.758.